The van der Waals surface area contributed by atoms with Crippen LogP contribution in [0.3, 0.4) is 0 Å². The number of aryl methyl sites for hydroxylation is 3. The molecule has 1 aliphatic rings. The van der Waals surface area contributed by atoms with E-state index in [0.717, 1.165) is 12.8 Å². The average molecular weight is 623 g/mol. The third-order valence-corrected chi connectivity index (χ3v) is 8.68. The molecule has 0 bridgehead atoms. The number of hydrogen-bond acceptors (Lipinski definition) is 6. The van der Waals surface area contributed by atoms with E-state index in [1.165, 1.54) is 22.8 Å². The van der Waals surface area contributed by atoms with Crippen LogP contribution in [0.15, 0.2) is 47.4 Å². The van der Waals surface area contributed by atoms with Crippen LogP contribution in [0.2, 0.25) is 0 Å². The summed E-state index contributed by atoms with van der Waals surface area (Å²) in [5.74, 6) is 1.05. The molecule has 1 fully saturated rings. The van der Waals surface area contributed by atoms with Crippen LogP contribution in [-0.4, -0.2) is 39.4 Å². The molecule has 1 amide bonds. The first-order valence-electron chi connectivity index (χ1n) is 15.7. The molecule has 0 radical (unpaired) electrons. The van der Waals surface area contributed by atoms with Gasteiger partial charge < -0.3 is 29.6 Å². The minimum Gasteiger partial charge on any atom is -0.490 e. The maximum Gasteiger partial charge on any atom is 0.254 e. The first-order valence-corrected chi connectivity index (χ1v) is 15.7. The van der Waals surface area contributed by atoms with Gasteiger partial charge in [0.05, 0.1) is 11.7 Å². The highest BCUT2D eigenvalue weighted by Crippen LogP contribution is 2.42. The molecule has 1 heterocycles. The minimum absolute atomic E-state index is 0.0139. The number of nitrogens with zero attached hydrogens (tertiary/aromatic N) is 1. The van der Waals surface area contributed by atoms with Gasteiger partial charge in [-0.25, -0.2) is 4.39 Å². The number of carbonyl (C=O) groups excluding carboxylic acids is 1. The first kappa shape index (κ1) is 34.2. The molecule has 0 unspecified atom stereocenters. The summed E-state index contributed by atoms with van der Waals surface area (Å²) in [6, 6.07) is 9.74. The van der Waals surface area contributed by atoms with E-state index in [9.17, 15) is 24.2 Å². The lowest BCUT2D eigenvalue weighted by Gasteiger charge is -2.33. The molecule has 1 saturated carbocycles. The highest BCUT2D eigenvalue weighted by Gasteiger charge is 2.31. The second-order valence-electron chi connectivity index (χ2n) is 13.5. The molecule has 9 heteroatoms. The van der Waals surface area contributed by atoms with Crippen LogP contribution in [0.25, 0.3) is 11.1 Å². The number of ether oxygens (including phenoxy) is 2. The predicted octanol–water partition coefficient (Wildman–Crippen LogP) is 6.43. The minimum atomic E-state index is -1.15. The van der Waals surface area contributed by atoms with E-state index in [1.54, 1.807) is 53.1 Å². The van der Waals surface area contributed by atoms with Crippen molar-refractivity contribution in [3.05, 3.63) is 75.5 Å². The highest BCUT2D eigenvalue weighted by atomic mass is 19.1. The van der Waals surface area contributed by atoms with Crippen molar-refractivity contribution in [2.24, 2.45) is 12.5 Å². The van der Waals surface area contributed by atoms with E-state index in [4.69, 9.17) is 9.47 Å². The maximum absolute atomic E-state index is 14.1. The number of rotatable bonds is 11. The van der Waals surface area contributed by atoms with Crippen LogP contribution in [0.5, 0.6) is 17.2 Å². The molecular formula is C36H47FN2O6. The number of aliphatic hydroxyl groups excluding tert-OH is 1. The Morgan fingerprint density at radius 1 is 1.00 bits per heavy atom. The standard InChI is InChI=1S/C36H47FN2O6/c1-22-17-25(37)18-23(2)33(22)45-30-14-9-24(36(5,6)43)19-28(30)29-21-39(7)32(41)20-31(29)44-27-12-10-26(11-13-27)38-34(42)35(3,4)15-8-16-40/h9,14,17-21,26-27,40,43H,8,10-13,15-16H2,1-7H3,(H,38,42). The van der Waals surface area contributed by atoms with Crippen LogP contribution in [0, 0.1) is 25.1 Å². The Labute approximate surface area is 265 Å². The van der Waals surface area contributed by atoms with Gasteiger partial charge in [0, 0.05) is 48.5 Å². The van der Waals surface area contributed by atoms with Gasteiger partial charge in [-0.05, 0) is 107 Å². The topological polar surface area (TPSA) is 110 Å². The Morgan fingerprint density at radius 2 is 1.64 bits per heavy atom. The van der Waals surface area contributed by atoms with Crippen molar-refractivity contribution in [3.63, 3.8) is 0 Å². The fraction of sp³-hybridized carbons (Fsp3) is 0.500. The monoisotopic (exact) mass is 622 g/mol. The number of carbonyl (C=O) groups is 1. The van der Waals surface area contributed by atoms with Gasteiger partial charge in [-0.3, -0.25) is 9.59 Å². The molecule has 244 valence electrons. The van der Waals surface area contributed by atoms with Crippen LogP contribution >= 0.6 is 0 Å². The van der Waals surface area contributed by atoms with Gasteiger partial charge in [0.2, 0.25) is 5.91 Å². The Balaban J connectivity index is 1.63. The zero-order valence-corrected chi connectivity index (χ0v) is 27.5. The first-order chi connectivity index (χ1) is 21.1. The van der Waals surface area contributed by atoms with Crippen LogP contribution in [-0.2, 0) is 17.4 Å². The van der Waals surface area contributed by atoms with Gasteiger partial charge in [-0.15, -0.1) is 0 Å². The quantitative estimate of drug-likeness (QED) is 0.227. The summed E-state index contributed by atoms with van der Waals surface area (Å²) in [5, 5.41) is 23.2. The summed E-state index contributed by atoms with van der Waals surface area (Å²) in [4.78, 5) is 25.7. The molecule has 0 spiro atoms. The molecule has 3 aromatic rings. The van der Waals surface area contributed by atoms with Crippen LogP contribution in [0.1, 0.15) is 82.9 Å². The summed E-state index contributed by atoms with van der Waals surface area (Å²) in [6.07, 6.45) is 5.58. The van der Waals surface area contributed by atoms with E-state index < -0.39 is 11.0 Å². The molecule has 0 atom stereocenters. The van der Waals surface area contributed by atoms with Gasteiger partial charge in [-0.1, -0.05) is 19.9 Å². The second kappa shape index (κ2) is 13.7. The SMILES string of the molecule is Cc1cc(F)cc(C)c1Oc1ccc(C(C)(C)O)cc1-c1cn(C)c(=O)cc1OC1CCC(NC(=O)C(C)(C)CCCO)CC1. The number of benzene rings is 2. The molecule has 8 nitrogen and oxygen atoms in total. The van der Waals surface area contributed by atoms with Crippen molar-refractivity contribution < 1.29 is 28.9 Å². The predicted molar refractivity (Wildman–Crippen MR) is 173 cm³/mol. The van der Waals surface area contributed by atoms with E-state index in [-0.39, 0.29) is 36.0 Å². The average Bonchev–Trinajstić information content (AvgIpc) is 2.96. The van der Waals surface area contributed by atoms with E-state index in [1.807, 2.05) is 19.9 Å². The lowest BCUT2D eigenvalue weighted by Crippen LogP contribution is -2.45. The normalized spacial score (nSPS) is 17.2. The lowest BCUT2D eigenvalue weighted by atomic mass is 9.85. The van der Waals surface area contributed by atoms with Crippen molar-refractivity contribution in [1.29, 1.82) is 0 Å². The largest absolute Gasteiger partial charge is 0.490 e. The fourth-order valence-electron chi connectivity index (χ4n) is 5.81. The zero-order valence-electron chi connectivity index (χ0n) is 27.5. The maximum atomic E-state index is 14.1. The summed E-state index contributed by atoms with van der Waals surface area (Å²) >= 11 is 0. The van der Waals surface area contributed by atoms with Gasteiger partial charge in [0.25, 0.3) is 5.56 Å². The third-order valence-electron chi connectivity index (χ3n) is 8.68. The number of aromatic nitrogens is 1. The molecule has 1 aliphatic carbocycles. The summed E-state index contributed by atoms with van der Waals surface area (Å²) in [5.41, 5.74) is 1.24. The molecular weight excluding hydrogens is 575 g/mol. The van der Waals surface area contributed by atoms with Crippen molar-refractivity contribution in [3.8, 4) is 28.4 Å². The molecule has 1 aromatic heterocycles. The fourth-order valence-corrected chi connectivity index (χ4v) is 5.81. The number of hydrogen-bond donors (Lipinski definition) is 3. The zero-order chi connectivity index (χ0) is 33.1. The molecule has 0 aliphatic heterocycles. The molecule has 3 N–H and O–H groups in total. The third kappa shape index (κ3) is 8.32. The van der Waals surface area contributed by atoms with Gasteiger partial charge in [0.15, 0.2) is 0 Å². The van der Waals surface area contributed by atoms with E-state index >= 15 is 0 Å². The molecule has 4 rings (SSSR count). The Kier molecular flexibility index (Phi) is 10.4. The number of amides is 1. The number of pyridine rings is 1. The Hall–Kier alpha value is -3.69. The van der Waals surface area contributed by atoms with Crippen molar-refractivity contribution in [2.45, 2.75) is 97.8 Å². The van der Waals surface area contributed by atoms with Gasteiger partial charge in [0.1, 0.15) is 23.1 Å². The van der Waals surface area contributed by atoms with Gasteiger partial charge in [-0.2, -0.15) is 0 Å². The van der Waals surface area contributed by atoms with Crippen molar-refractivity contribution in [2.75, 3.05) is 6.61 Å². The summed E-state index contributed by atoms with van der Waals surface area (Å²) in [7, 11) is 1.67. The Morgan fingerprint density at radius 3 is 2.24 bits per heavy atom. The van der Waals surface area contributed by atoms with Crippen molar-refractivity contribution in [1.82, 2.24) is 9.88 Å². The Bertz CT molecular complexity index is 1560. The molecule has 45 heavy (non-hydrogen) atoms. The lowest BCUT2D eigenvalue weighted by molar-refractivity contribution is -0.130. The molecule has 2 aromatic carbocycles. The van der Waals surface area contributed by atoms with Gasteiger partial charge >= 0.3 is 0 Å². The van der Waals surface area contributed by atoms with E-state index in [0.29, 0.717) is 70.7 Å². The smallest absolute Gasteiger partial charge is 0.254 e. The highest BCUT2D eigenvalue weighted by molar-refractivity contribution is 5.82. The van der Waals surface area contributed by atoms with Crippen LogP contribution < -0.4 is 20.3 Å². The molecule has 0 saturated heterocycles. The second-order valence-corrected chi connectivity index (χ2v) is 13.5. The summed E-state index contributed by atoms with van der Waals surface area (Å²) < 4.78 is 28.5. The number of halogens is 1. The number of aliphatic hydroxyl groups is 2. The van der Waals surface area contributed by atoms with E-state index in [2.05, 4.69) is 5.32 Å². The van der Waals surface area contributed by atoms with Crippen molar-refractivity contribution >= 4 is 5.91 Å². The number of nitrogens with one attached hydrogen (secondary N) is 1. The summed E-state index contributed by atoms with van der Waals surface area (Å²) in [6.45, 7) is 10.8. The van der Waals surface area contributed by atoms with Crippen LogP contribution in [0.4, 0.5) is 4.39 Å².